The first-order valence-electron chi connectivity index (χ1n) is 5.05. The third kappa shape index (κ3) is 1.59. The summed E-state index contributed by atoms with van der Waals surface area (Å²) in [5.41, 5.74) is 0.877. The molecular weight excluding hydrogens is 272 g/mol. The van der Waals surface area contributed by atoms with E-state index < -0.39 is 0 Å². The first kappa shape index (κ1) is 9.77. The molecule has 1 saturated carbocycles. The van der Waals surface area contributed by atoms with Crippen LogP contribution in [-0.2, 0) is 0 Å². The van der Waals surface area contributed by atoms with Gasteiger partial charge in [0.1, 0.15) is 4.47 Å². The Bertz CT molecular complexity index is 585. The maximum Gasteiger partial charge on any atom is 0.267 e. The highest BCUT2D eigenvalue weighted by Gasteiger charge is 2.26. The average molecular weight is 281 g/mol. The molecule has 3 rings (SSSR count). The highest BCUT2D eigenvalue weighted by molar-refractivity contribution is 9.10. The van der Waals surface area contributed by atoms with Crippen LogP contribution in [-0.4, -0.2) is 19.7 Å². The Morgan fingerprint density at radius 3 is 3.06 bits per heavy atom. The van der Waals surface area contributed by atoms with Crippen molar-refractivity contribution in [1.29, 1.82) is 0 Å². The Kier molecular flexibility index (Phi) is 2.17. The topological polar surface area (TPSA) is 63.6 Å². The third-order valence-electron chi connectivity index (χ3n) is 2.60. The molecule has 16 heavy (non-hydrogen) atoms. The monoisotopic (exact) mass is 280 g/mol. The molecule has 1 N–H and O–H groups in total. The third-order valence-corrected chi connectivity index (χ3v) is 3.32. The van der Waals surface area contributed by atoms with Crippen molar-refractivity contribution in [1.82, 2.24) is 19.7 Å². The van der Waals surface area contributed by atoms with Crippen LogP contribution in [0.2, 0.25) is 0 Å². The number of aromatic amines is 1. The van der Waals surface area contributed by atoms with Gasteiger partial charge in [0, 0.05) is 12.1 Å². The van der Waals surface area contributed by atoms with Crippen LogP contribution in [0.1, 0.15) is 24.5 Å². The summed E-state index contributed by atoms with van der Waals surface area (Å²) in [7, 11) is 0. The molecule has 1 aliphatic carbocycles. The first-order valence-corrected chi connectivity index (χ1v) is 5.84. The minimum Gasteiger partial charge on any atom is -0.312 e. The average Bonchev–Trinajstić information content (AvgIpc) is 3.02. The Morgan fingerprint density at radius 1 is 1.50 bits per heavy atom. The molecular formula is C10H9BrN4O. The number of nitrogens with zero attached hydrogens (tertiary/aromatic N) is 3. The zero-order valence-corrected chi connectivity index (χ0v) is 9.94. The number of nitrogens with one attached hydrogen (secondary N) is 1. The van der Waals surface area contributed by atoms with Crippen molar-refractivity contribution >= 4 is 15.9 Å². The molecule has 0 aromatic carbocycles. The van der Waals surface area contributed by atoms with Crippen molar-refractivity contribution in [2.75, 3.05) is 0 Å². The zero-order chi connectivity index (χ0) is 11.1. The summed E-state index contributed by atoms with van der Waals surface area (Å²) in [6.07, 6.45) is 5.63. The smallest absolute Gasteiger partial charge is 0.267 e. The lowest BCUT2D eigenvalue weighted by molar-refractivity contribution is 0.799. The van der Waals surface area contributed by atoms with Gasteiger partial charge in [-0.1, -0.05) is 0 Å². The van der Waals surface area contributed by atoms with E-state index in [1.165, 1.54) is 19.2 Å². The second-order valence-electron chi connectivity index (χ2n) is 3.83. The van der Waals surface area contributed by atoms with Gasteiger partial charge in [-0.3, -0.25) is 4.79 Å². The van der Waals surface area contributed by atoms with Crippen molar-refractivity contribution in [2.45, 2.75) is 18.8 Å². The molecule has 0 unspecified atom stereocenters. The number of rotatable bonds is 2. The van der Waals surface area contributed by atoms with Crippen molar-refractivity contribution in [3.8, 4) is 5.82 Å². The van der Waals surface area contributed by atoms with Crippen LogP contribution in [0.5, 0.6) is 0 Å². The van der Waals surface area contributed by atoms with Gasteiger partial charge in [0.25, 0.3) is 5.56 Å². The van der Waals surface area contributed by atoms with Gasteiger partial charge < -0.3 is 4.98 Å². The summed E-state index contributed by atoms with van der Waals surface area (Å²) in [6.45, 7) is 0. The maximum atomic E-state index is 11.4. The van der Waals surface area contributed by atoms with E-state index in [1.54, 1.807) is 4.68 Å². The predicted molar refractivity (Wildman–Crippen MR) is 61.7 cm³/mol. The molecule has 82 valence electrons. The van der Waals surface area contributed by atoms with E-state index in [4.69, 9.17) is 0 Å². The lowest BCUT2D eigenvalue weighted by Gasteiger charge is -2.01. The highest BCUT2D eigenvalue weighted by atomic mass is 79.9. The molecule has 2 aromatic heterocycles. The summed E-state index contributed by atoms with van der Waals surface area (Å²) in [5, 5.41) is 4.42. The standard InChI is InChI=1S/C10H9BrN4O/c11-8-9(12-5-13-10(8)16)15-4-3-7(14-15)6-1-2-6/h3-6H,1-2H2,(H,12,13,16). The van der Waals surface area contributed by atoms with Crippen LogP contribution >= 0.6 is 15.9 Å². The molecule has 0 atom stereocenters. The number of H-pyrrole nitrogens is 1. The summed E-state index contributed by atoms with van der Waals surface area (Å²) >= 11 is 3.21. The van der Waals surface area contributed by atoms with Crippen LogP contribution in [0.15, 0.2) is 27.9 Å². The summed E-state index contributed by atoms with van der Waals surface area (Å²) < 4.78 is 2.04. The van der Waals surface area contributed by atoms with E-state index in [-0.39, 0.29) is 5.56 Å². The van der Waals surface area contributed by atoms with Gasteiger partial charge in [0.2, 0.25) is 0 Å². The quantitative estimate of drug-likeness (QED) is 0.909. The molecule has 0 bridgehead atoms. The van der Waals surface area contributed by atoms with E-state index in [1.807, 2.05) is 12.3 Å². The van der Waals surface area contributed by atoms with Crippen LogP contribution in [0.25, 0.3) is 5.82 Å². The van der Waals surface area contributed by atoms with E-state index in [9.17, 15) is 4.79 Å². The van der Waals surface area contributed by atoms with Crippen molar-refractivity contribution in [2.24, 2.45) is 0 Å². The van der Waals surface area contributed by atoms with E-state index in [0.29, 0.717) is 16.2 Å². The lowest BCUT2D eigenvalue weighted by Crippen LogP contribution is -2.12. The molecule has 5 nitrogen and oxygen atoms in total. The van der Waals surface area contributed by atoms with Crippen molar-refractivity contribution in [3.63, 3.8) is 0 Å². The molecule has 0 saturated heterocycles. The fourth-order valence-corrected chi connectivity index (χ4v) is 1.98. The van der Waals surface area contributed by atoms with Crippen LogP contribution in [0.3, 0.4) is 0 Å². The second kappa shape index (κ2) is 3.55. The minimum atomic E-state index is -0.200. The zero-order valence-electron chi connectivity index (χ0n) is 8.35. The number of hydrogen-bond donors (Lipinski definition) is 1. The Hall–Kier alpha value is -1.43. The molecule has 2 heterocycles. The first-order chi connectivity index (χ1) is 7.75. The van der Waals surface area contributed by atoms with E-state index in [2.05, 4.69) is 31.0 Å². The van der Waals surface area contributed by atoms with Gasteiger partial charge in [-0.2, -0.15) is 5.10 Å². The van der Waals surface area contributed by atoms with E-state index in [0.717, 1.165) is 5.69 Å². The fourth-order valence-electron chi connectivity index (χ4n) is 1.59. The van der Waals surface area contributed by atoms with Gasteiger partial charge >= 0.3 is 0 Å². The van der Waals surface area contributed by atoms with Crippen LogP contribution < -0.4 is 5.56 Å². The molecule has 0 aliphatic heterocycles. The van der Waals surface area contributed by atoms with Crippen molar-refractivity contribution < 1.29 is 0 Å². The van der Waals surface area contributed by atoms with Gasteiger partial charge in [0.05, 0.1) is 12.0 Å². The normalized spacial score (nSPS) is 15.3. The van der Waals surface area contributed by atoms with Crippen LogP contribution in [0.4, 0.5) is 0 Å². The lowest BCUT2D eigenvalue weighted by atomic mass is 10.3. The molecule has 6 heteroatoms. The van der Waals surface area contributed by atoms with Crippen molar-refractivity contribution in [3.05, 3.63) is 39.1 Å². The summed E-state index contributed by atoms with van der Waals surface area (Å²) in [4.78, 5) is 18.0. The maximum absolute atomic E-state index is 11.4. The van der Waals surface area contributed by atoms with Crippen LogP contribution in [0, 0.1) is 0 Å². The highest BCUT2D eigenvalue weighted by Crippen LogP contribution is 2.39. The molecule has 2 aromatic rings. The molecule has 1 fully saturated rings. The molecule has 1 aliphatic rings. The van der Waals surface area contributed by atoms with Gasteiger partial charge in [-0.25, -0.2) is 9.67 Å². The number of aromatic nitrogens is 4. The largest absolute Gasteiger partial charge is 0.312 e. The van der Waals surface area contributed by atoms with E-state index >= 15 is 0 Å². The van der Waals surface area contributed by atoms with Gasteiger partial charge in [-0.15, -0.1) is 0 Å². The summed E-state index contributed by atoms with van der Waals surface area (Å²) in [5.74, 6) is 1.12. The Balaban J connectivity index is 2.07. The Morgan fingerprint density at radius 2 is 2.31 bits per heavy atom. The van der Waals surface area contributed by atoms with Gasteiger partial charge in [0.15, 0.2) is 5.82 Å². The SMILES string of the molecule is O=c1[nH]cnc(-n2ccc(C3CC3)n2)c1Br. The molecule has 0 spiro atoms. The number of halogens is 1. The summed E-state index contributed by atoms with van der Waals surface area (Å²) in [6, 6.07) is 1.98. The van der Waals surface area contributed by atoms with Gasteiger partial charge in [-0.05, 0) is 34.8 Å². The number of hydrogen-bond acceptors (Lipinski definition) is 3. The minimum absolute atomic E-state index is 0.200. The molecule has 0 amide bonds. The Labute approximate surface area is 99.7 Å². The molecule has 0 radical (unpaired) electrons. The fraction of sp³-hybridized carbons (Fsp3) is 0.300. The second-order valence-corrected chi connectivity index (χ2v) is 4.62. The predicted octanol–water partition coefficient (Wildman–Crippen LogP) is 1.60.